The first kappa shape index (κ1) is 14.7. The van der Waals surface area contributed by atoms with Crippen LogP contribution in [0.25, 0.3) is 0 Å². The highest BCUT2D eigenvalue weighted by molar-refractivity contribution is 5.94. The van der Waals surface area contributed by atoms with Gasteiger partial charge in [0.05, 0.1) is 18.9 Å². The molecule has 20 heavy (non-hydrogen) atoms. The van der Waals surface area contributed by atoms with Crippen molar-refractivity contribution in [2.24, 2.45) is 5.92 Å². The summed E-state index contributed by atoms with van der Waals surface area (Å²) in [5.41, 5.74) is 6.85. The van der Waals surface area contributed by atoms with Crippen LogP contribution in [-0.4, -0.2) is 19.2 Å². The molecule has 0 heterocycles. The molecule has 4 nitrogen and oxygen atoms in total. The van der Waals surface area contributed by atoms with Crippen LogP contribution in [0.5, 0.6) is 5.75 Å². The highest BCUT2D eigenvalue weighted by Gasteiger charge is 2.19. The highest BCUT2D eigenvalue weighted by atomic mass is 16.5. The lowest BCUT2D eigenvalue weighted by Gasteiger charge is -2.22. The van der Waals surface area contributed by atoms with Crippen LogP contribution >= 0.6 is 0 Å². The van der Waals surface area contributed by atoms with Crippen molar-refractivity contribution >= 4 is 11.7 Å². The number of carbonyl (C=O) groups is 1. The van der Waals surface area contributed by atoms with Crippen LogP contribution in [0.2, 0.25) is 0 Å². The second-order valence-corrected chi connectivity index (χ2v) is 5.26. The van der Waals surface area contributed by atoms with Crippen molar-refractivity contribution in [1.82, 2.24) is 0 Å². The summed E-state index contributed by atoms with van der Waals surface area (Å²) in [6.45, 7) is 2.75. The molecule has 0 unspecified atom stereocenters. The van der Waals surface area contributed by atoms with E-state index in [-0.39, 0.29) is 5.97 Å². The van der Waals surface area contributed by atoms with Crippen LogP contribution in [0.1, 0.15) is 49.4 Å². The number of anilines is 1. The highest BCUT2D eigenvalue weighted by Crippen LogP contribution is 2.30. The molecule has 1 aromatic carbocycles. The third-order valence-corrected chi connectivity index (χ3v) is 3.73. The zero-order chi connectivity index (χ0) is 14.4. The molecule has 0 radical (unpaired) electrons. The number of rotatable bonds is 5. The van der Waals surface area contributed by atoms with E-state index in [0.717, 1.165) is 0 Å². The van der Waals surface area contributed by atoms with Crippen molar-refractivity contribution in [3.63, 3.8) is 0 Å². The molecule has 0 aromatic heterocycles. The average molecular weight is 277 g/mol. The number of benzene rings is 1. The Morgan fingerprint density at radius 3 is 2.75 bits per heavy atom. The average Bonchev–Trinajstić information content (AvgIpc) is 2.47. The Balaban J connectivity index is 2.06. The van der Waals surface area contributed by atoms with Gasteiger partial charge in [0.15, 0.2) is 5.75 Å². The summed E-state index contributed by atoms with van der Waals surface area (Å²) >= 11 is 0. The molecule has 2 N–H and O–H groups in total. The topological polar surface area (TPSA) is 61.5 Å². The van der Waals surface area contributed by atoms with Gasteiger partial charge in [-0.05, 0) is 37.8 Å². The fraction of sp³-hybridized carbons (Fsp3) is 0.562. The molecule has 0 spiro atoms. The third-order valence-electron chi connectivity index (χ3n) is 3.73. The smallest absolute Gasteiger partial charge is 0.341 e. The van der Waals surface area contributed by atoms with Gasteiger partial charge in [-0.2, -0.15) is 0 Å². The Morgan fingerprint density at radius 2 is 2.05 bits per heavy atom. The van der Waals surface area contributed by atoms with Gasteiger partial charge >= 0.3 is 5.97 Å². The van der Waals surface area contributed by atoms with Crippen molar-refractivity contribution in [3.8, 4) is 5.75 Å². The van der Waals surface area contributed by atoms with Crippen molar-refractivity contribution < 1.29 is 14.3 Å². The molecule has 0 bridgehead atoms. The third kappa shape index (κ3) is 3.65. The largest absolute Gasteiger partial charge is 0.490 e. The Bertz CT molecular complexity index is 453. The standard InChI is InChI=1S/C16H23NO3/c1-2-19-16(18)13-9-6-10-14(17)15(13)20-11-12-7-4-3-5-8-12/h6,9-10,12H,2-5,7-8,11,17H2,1H3. The first-order chi connectivity index (χ1) is 9.72. The number of ether oxygens (including phenoxy) is 2. The number of nitrogen functional groups attached to an aromatic ring is 1. The van der Waals surface area contributed by atoms with Crippen LogP contribution in [0.3, 0.4) is 0 Å². The summed E-state index contributed by atoms with van der Waals surface area (Å²) < 4.78 is 10.9. The van der Waals surface area contributed by atoms with Gasteiger partial charge in [0.1, 0.15) is 5.56 Å². The molecule has 1 saturated carbocycles. The predicted octanol–water partition coefficient (Wildman–Crippen LogP) is 3.40. The van der Waals surface area contributed by atoms with Crippen LogP contribution in [0.4, 0.5) is 5.69 Å². The molecule has 1 fully saturated rings. The summed E-state index contributed by atoms with van der Waals surface area (Å²) in [6.07, 6.45) is 6.24. The Kier molecular flexibility index (Phi) is 5.27. The van der Waals surface area contributed by atoms with E-state index in [1.807, 2.05) is 0 Å². The number of hydrogen-bond donors (Lipinski definition) is 1. The molecule has 1 aromatic rings. The van der Waals surface area contributed by atoms with E-state index < -0.39 is 0 Å². The van der Waals surface area contributed by atoms with Crippen molar-refractivity contribution in [2.45, 2.75) is 39.0 Å². The first-order valence-corrected chi connectivity index (χ1v) is 7.40. The maximum absolute atomic E-state index is 11.9. The first-order valence-electron chi connectivity index (χ1n) is 7.40. The lowest BCUT2D eigenvalue weighted by Crippen LogP contribution is -2.17. The molecule has 0 amide bonds. The van der Waals surface area contributed by atoms with Crippen molar-refractivity contribution in [3.05, 3.63) is 23.8 Å². The van der Waals surface area contributed by atoms with E-state index in [2.05, 4.69) is 0 Å². The molecule has 0 aliphatic heterocycles. The van der Waals surface area contributed by atoms with E-state index >= 15 is 0 Å². The molecule has 110 valence electrons. The quantitative estimate of drug-likeness (QED) is 0.662. The molecule has 0 atom stereocenters. The van der Waals surface area contributed by atoms with E-state index in [4.69, 9.17) is 15.2 Å². The number of para-hydroxylation sites is 1. The summed E-state index contributed by atoms with van der Waals surface area (Å²) in [6, 6.07) is 5.19. The van der Waals surface area contributed by atoms with Gasteiger partial charge in [0.2, 0.25) is 0 Å². The van der Waals surface area contributed by atoms with Crippen LogP contribution in [0.15, 0.2) is 18.2 Å². The summed E-state index contributed by atoms with van der Waals surface area (Å²) in [7, 11) is 0. The van der Waals surface area contributed by atoms with Gasteiger partial charge in [-0.15, -0.1) is 0 Å². The Morgan fingerprint density at radius 1 is 1.30 bits per heavy atom. The fourth-order valence-corrected chi connectivity index (χ4v) is 2.64. The zero-order valence-corrected chi connectivity index (χ0v) is 12.1. The Hall–Kier alpha value is -1.71. The lowest BCUT2D eigenvalue weighted by atomic mass is 9.90. The van der Waals surface area contributed by atoms with E-state index in [9.17, 15) is 4.79 Å². The van der Waals surface area contributed by atoms with Gasteiger partial charge < -0.3 is 15.2 Å². The fourth-order valence-electron chi connectivity index (χ4n) is 2.64. The second kappa shape index (κ2) is 7.17. The number of carbonyl (C=O) groups excluding carboxylic acids is 1. The predicted molar refractivity (Wildman–Crippen MR) is 78.9 cm³/mol. The lowest BCUT2D eigenvalue weighted by molar-refractivity contribution is 0.0520. The van der Waals surface area contributed by atoms with Crippen LogP contribution in [-0.2, 0) is 4.74 Å². The van der Waals surface area contributed by atoms with Crippen molar-refractivity contribution in [2.75, 3.05) is 18.9 Å². The van der Waals surface area contributed by atoms with Crippen molar-refractivity contribution in [1.29, 1.82) is 0 Å². The summed E-state index contributed by atoms with van der Waals surface area (Å²) in [4.78, 5) is 11.9. The van der Waals surface area contributed by atoms with Crippen LogP contribution < -0.4 is 10.5 Å². The van der Waals surface area contributed by atoms with Crippen LogP contribution in [0, 0.1) is 5.92 Å². The van der Waals surface area contributed by atoms with Gasteiger partial charge in [-0.25, -0.2) is 4.79 Å². The monoisotopic (exact) mass is 277 g/mol. The second-order valence-electron chi connectivity index (χ2n) is 5.26. The van der Waals surface area contributed by atoms with Gasteiger partial charge in [-0.1, -0.05) is 25.3 Å². The molecule has 0 saturated heterocycles. The van der Waals surface area contributed by atoms with E-state index in [1.54, 1.807) is 25.1 Å². The molecule has 2 rings (SSSR count). The zero-order valence-electron chi connectivity index (χ0n) is 12.1. The summed E-state index contributed by atoms with van der Waals surface area (Å²) in [5, 5.41) is 0. The SMILES string of the molecule is CCOC(=O)c1cccc(N)c1OCC1CCCCC1. The number of esters is 1. The van der Waals surface area contributed by atoms with E-state index in [0.29, 0.717) is 36.1 Å². The minimum Gasteiger partial charge on any atom is -0.490 e. The van der Waals surface area contributed by atoms with Gasteiger partial charge in [-0.3, -0.25) is 0 Å². The number of hydrogen-bond acceptors (Lipinski definition) is 4. The van der Waals surface area contributed by atoms with Gasteiger partial charge in [0, 0.05) is 0 Å². The van der Waals surface area contributed by atoms with Gasteiger partial charge in [0.25, 0.3) is 0 Å². The molecular weight excluding hydrogens is 254 g/mol. The molecule has 4 heteroatoms. The minimum absolute atomic E-state index is 0.343. The number of nitrogens with two attached hydrogens (primary N) is 1. The maximum Gasteiger partial charge on any atom is 0.341 e. The molecule has 1 aliphatic rings. The molecule has 1 aliphatic carbocycles. The van der Waals surface area contributed by atoms with E-state index in [1.165, 1.54) is 32.1 Å². The minimum atomic E-state index is -0.376. The summed E-state index contributed by atoms with van der Waals surface area (Å²) in [5.74, 6) is 0.661. The normalized spacial score (nSPS) is 15.8. The molecular formula is C16H23NO3. The Labute approximate surface area is 120 Å². The maximum atomic E-state index is 11.9.